The Morgan fingerprint density at radius 3 is 2.24 bits per heavy atom. The van der Waals surface area contributed by atoms with Crippen molar-refractivity contribution in [2.75, 3.05) is 16.4 Å². The topological polar surface area (TPSA) is 101 Å². The van der Waals surface area contributed by atoms with Crippen molar-refractivity contribution in [3.8, 4) is 0 Å². The van der Waals surface area contributed by atoms with Crippen molar-refractivity contribution in [1.29, 1.82) is 0 Å². The van der Waals surface area contributed by atoms with Gasteiger partial charge in [-0.25, -0.2) is 8.42 Å². The molecule has 2 aromatic rings. The Morgan fingerprint density at radius 2 is 1.72 bits per heavy atom. The van der Waals surface area contributed by atoms with E-state index >= 15 is 0 Å². The van der Waals surface area contributed by atoms with Crippen molar-refractivity contribution in [1.82, 2.24) is 0 Å². The minimum absolute atomic E-state index is 0.00140. The zero-order valence-corrected chi connectivity index (χ0v) is 14.2. The maximum atomic E-state index is 11.9. The number of nitrogens with zero attached hydrogens (tertiary/aromatic N) is 2. The lowest BCUT2D eigenvalue weighted by atomic mass is 10.1. The molecule has 0 saturated carbocycles. The summed E-state index contributed by atoms with van der Waals surface area (Å²) in [4.78, 5) is 12.2. The Morgan fingerprint density at radius 1 is 1.08 bits per heavy atom. The summed E-state index contributed by atoms with van der Waals surface area (Å²) < 4.78 is 23.8. The molecular weight excluding hydrogens is 344 g/mol. The summed E-state index contributed by atoms with van der Waals surface area (Å²) in [5, 5.41) is 21.0. The number of non-ortho nitro benzene ring substituents is 1. The first kappa shape index (κ1) is 17.4. The minimum Gasteiger partial charge on any atom is -0.390 e. The van der Waals surface area contributed by atoms with Gasteiger partial charge >= 0.3 is 0 Å². The fourth-order valence-corrected chi connectivity index (χ4v) is 4.85. The number of hydrogen-bond acceptors (Lipinski definition) is 6. The molecular formula is C17H18N2O5S. The van der Waals surface area contributed by atoms with Crippen molar-refractivity contribution < 1.29 is 18.4 Å². The molecule has 0 aliphatic carbocycles. The zero-order valence-electron chi connectivity index (χ0n) is 13.4. The van der Waals surface area contributed by atoms with Crippen molar-refractivity contribution in [2.45, 2.75) is 18.7 Å². The van der Waals surface area contributed by atoms with Gasteiger partial charge < -0.3 is 10.0 Å². The molecule has 0 aromatic heterocycles. The molecule has 0 amide bonds. The van der Waals surface area contributed by atoms with E-state index in [0.717, 1.165) is 11.3 Å². The fourth-order valence-electron chi connectivity index (χ4n) is 3.05. The van der Waals surface area contributed by atoms with Crippen LogP contribution in [0.25, 0.3) is 0 Å². The summed E-state index contributed by atoms with van der Waals surface area (Å²) in [6.07, 6.45) is -0.969. The Kier molecular flexibility index (Phi) is 4.73. The van der Waals surface area contributed by atoms with Gasteiger partial charge in [-0.15, -0.1) is 0 Å². The highest BCUT2D eigenvalue weighted by atomic mass is 32.2. The molecule has 0 unspecified atom stereocenters. The highest BCUT2D eigenvalue weighted by molar-refractivity contribution is 7.91. The van der Waals surface area contributed by atoms with E-state index in [-0.39, 0.29) is 17.2 Å². The molecule has 0 spiro atoms. The lowest BCUT2D eigenvalue weighted by Crippen LogP contribution is -2.42. The van der Waals surface area contributed by atoms with Crippen LogP contribution in [0.3, 0.4) is 0 Å². The van der Waals surface area contributed by atoms with E-state index in [2.05, 4.69) is 0 Å². The Bertz CT molecular complexity index is 852. The first-order valence-corrected chi connectivity index (χ1v) is 9.61. The highest BCUT2D eigenvalue weighted by Gasteiger charge is 2.40. The van der Waals surface area contributed by atoms with Crippen LogP contribution in [0.5, 0.6) is 0 Å². The number of nitro groups is 1. The van der Waals surface area contributed by atoms with Crippen molar-refractivity contribution in [2.24, 2.45) is 0 Å². The van der Waals surface area contributed by atoms with Gasteiger partial charge in [0.05, 0.1) is 28.6 Å². The summed E-state index contributed by atoms with van der Waals surface area (Å²) in [6, 6.07) is 14.8. The van der Waals surface area contributed by atoms with E-state index in [1.807, 2.05) is 35.2 Å². The number of para-hydroxylation sites is 1. The van der Waals surface area contributed by atoms with Crippen molar-refractivity contribution >= 4 is 21.2 Å². The molecule has 1 aliphatic rings. The second kappa shape index (κ2) is 6.81. The van der Waals surface area contributed by atoms with E-state index in [9.17, 15) is 23.6 Å². The second-order valence-electron chi connectivity index (χ2n) is 6.10. The average molecular weight is 362 g/mol. The number of benzene rings is 2. The normalized spacial score (nSPS) is 21.8. The maximum absolute atomic E-state index is 11.9. The lowest BCUT2D eigenvalue weighted by molar-refractivity contribution is -0.384. The van der Waals surface area contributed by atoms with Gasteiger partial charge in [0.15, 0.2) is 9.84 Å². The average Bonchev–Trinajstić information content (AvgIpc) is 2.86. The highest BCUT2D eigenvalue weighted by Crippen LogP contribution is 2.27. The minimum atomic E-state index is -3.29. The summed E-state index contributed by atoms with van der Waals surface area (Å²) in [7, 11) is -3.29. The van der Waals surface area contributed by atoms with Crippen LogP contribution in [0.15, 0.2) is 54.6 Å². The summed E-state index contributed by atoms with van der Waals surface area (Å²) >= 11 is 0. The Hall–Kier alpha value is -2.45. The molecule has 132 valence electrons. The molecule has 2 atom stereocenters. The molecule has 3 rings (SSSR count). The van der Waals surface area contributed by atoms with Crippen LogP contribution in [-0.4, -0.2) is 42.1 Å². The quantitative estimate of drug-likeness (QED) is 0.642. The van der Waals surface area contributed by atoms with E-state index in [1.165, 1.54) is 12.1 Å². The molecule has 7 nitrogen and oxygen atoms in total. The van der Waals surface area contributed by atoms with E-state index in [4.69, 9.17) is 0 Å². The molecule has 0 bridgehead atoms. The number of aliphatic hydroxyl groups is 1. The number of hydrogen-bond donors (Lipinski definition) is 1. The van der Waals surface area contributed by atoms with Crippen molar-refractivity contribution in [3.05, 3.63) is 70.3 Å². The SMILES string of the molecule is O=[N+]([O-])c1ccc(CN(c2ccccc2)[C@H]2CS(=O)(=O)C[C@H]2O)cc1. The standard InChI is InChI=1S/C17H18N2O5S/c20-17-12-25(23,24)11-16(17)18(14-4-2-1-3-5-14)10-13-6-8-15(9-7-13)19(21)22/h1-9,16-17,20H,10-12H2/t16-,17+/m0/s1. The molecule has 8 heteroatoms. The van der Waals surface area contributed by atoms with Gasteiger partial charge in [0.25, 0.3) is 5.69 Å². The third-order valence-electron chi connectivity index (χ3n) is 4.28. The molecule has 1 N–H and O–H groups in total. The van der Waals surface area contributed by atoms with Gasteiger partial charge in [0.2, 0.25) is 0 Å². The largest absolute Gasteiger partial charge is 0.390 e. The number of sulfone groups is 1. The van der Waals surface area contributed by atoms with Crippen LogP contribution in [0.1, 0.15) is 5.56 Å². The maximum Gasteiger partial charge on any atom is 0.269 e. The van der Waals surface area contributed by atoms with Gasteiger partial charge in [-0.05, 0) is 17.7 Å². The van der Waals surface area contributed by atoms with Gasteiger partial charge in [-0.1, -0.05) is 30.3 Å². The summed E-state index contributed by atoms with van der Waals surface area (Å²) in [6.45, 7) is 0.346. The Labute approximate surface area is 145 Å². The molecule has 1 aliphatic heterocycles. The van der Waals surface area contributed by atoms with Crippen LogP contribution >= 0.6 is 0 Å². The van der Waals surface area contributed by atoms with Gasteiger partial charge in [0.1, 0.15) is 0 Å². The molecule has 2 aromatic carbocycles. The van der Waals surface area contributed by atoms with Crippen molar-refractivity contribution in [3.63, 3.8) is 0 Å². The fraction of sp³-hybridized carbons (Fsp3) is 0.294. The smallest absolute Gasteiger partial charge is 0.269 e. The van der Waals surface area contributed by atoms with Crippen LogP contribution < -0.4 is 4.90 Å². The van der Waals surface area contributed by atoms with E-state index in [0.29, 0.717) is 6.54 Å². The predicted molar refractivity (Wildman–Crippen MR) is 94.2 cm³/mol. The van der Waals surface area contributed by atoms with Gasteiger partial charge in [-0.3, -0.25) is 10.1 Å². The number of nitro benzene ring substituents is 1. The molecule has 25 heavy (non-hydrogen) atoms. The van der Waals surface area contributed by atoms with Crippen LogP contribution in [0.2, 0.25) is 0 Å². The first-order valence-electron chi connectivity index (χ1n) is 7.79. The van der Waals surface area contributed by atoms with Crippen LogP contribution in [0, 0.1) is 10.1 Å². The number of aliphatic hydroxyl groups excluding tert-OH is 1. The molecule has 1 heterocycles. The molecule has 1 saturated heterocycles. The number of rotatable bonds is 5. The van der Waals surface area contributed by atoms with Gasteiger partial charge in [-0.2, -0.15) is 0 Å². The predicted octanol–water partition coefficient (Wildman–Crippen LogP) is 1.76. The number of anilines is 1. The van der Waals surface area contributed by atoms with Gasteiger partial charge in [0, 0.05) is 24.4 Å². The molecule has 0 radical (unpaired) electrons. The third kappa shape index (κ3) is 3.97. The summed E-state index contributed by atoms with van der Waals surface area (Å²) in [5.74, 6) is -0.364. The second-order valence-corrected chi connectivity index (χ2v) is 8.25. The summed E-state index contributed by atoms with van der Waals surface area (Å²) in [5.41, 5.74) is 1.59. The monoisotopic (exact) mass is 362 g/mol. The van der Waals surface area contributed by atoms with Crippen LogP contribution in [-0.2, 0) is 16.4 Å². The Balaban J connectivity index is 1.91. The van der Waals surface area contributed by atoms with E-state index < -0.39 is 26.9 Å². The lowest BCUT2D eigenvalue weighted by Gasteiger charge is -2.32. The van der Waals surface area contributed by atoms with E-state index in [1.54, 1.807) is 12.1 Å². The molecule has 1 fully saturated rings. The van der Waals surface area contributed by atoms with Crippen LogP contribution in [0.4, 0.5) is 11.4 Å². The third-order valence-corrected chi connectivity index (χ3v) is 5.98. The first-order chi connectivity index (χ1) is 11.9. The zero-order chi connectivity index (χ0) is 18.0.